The van der Waals surface area contributed by atoms with Gasteiger partial charge < -0.3 is 15.2 Å². The molecule has 0 aliphatic heterocycles. The van der Waals surface area contributed by atoms with Gasteiger partial charge in [-0.1, -0.05) is 12.1 Å². The molecule has 4 heteroatoms. The van der Waals surface area contributed by atoms with Gasteiger partial charge in [0, 0.05) is 0 Å². The van der Waals surface area contributed by atoms with Crippen molar-refractivity contribution in [1.29, 1.82) is 0 Å². The first-order valence-corrected chi connectivity index (χ1v) is 5.81. The van der Waals surface area contributed by atoms with Gasteiger partial charge in [0.15, 0.2) is 0 Å². The summed E-state index contributed by atoms with van der Waals surface area (Å²) < 4.78 is 10.2. The van der Waals surface area contributed by atoms with Crippen LogP contribution in [0.2, 0.25) is 0 Å². The van der Waals surface area contributed by atoms with Crippen molar-refractivity contribution in [2.24, 2.45) is 5.73 Å². The van der Waals surface area contributed by atoms with E-state index in [-0.39, 0.29) is 5.97 Å². The lowest BCUT2D eigenvalue weighted by atomic mass is 10.1. The maximum atomic E-state index is 11.3. The second kappa shape index (κ2) is 6.91. The quantitative estimate of drug-likeness (QED) is 0.762. The summed E-state index contributed by atoms with van der Waals surface area (Å²) in [6.07, 6.45) is 0.477. The Kier molecular flexibility index (Phi) is 5.49. The zero-order valence-electron chi connectivity index (χ0n) is 10.3. The molecule has 0 fully saturated rings. The molecular formula is C13H19NO3. The van der Waals surface area contributed by atoms with E-state index < -0.39 is 6.04 Å². The summed E-state index contributed by atoms with van der Waals surface area (Å²) in [5, 5.41) is 0. The van der Waals surface area contributed by atoms with Crippen LogP contribution >= 0.6 is 0 Å². The fraction of sp³-hybridized carbons (Fsp3) is 0.462. The Morgan fingerprint density at radius 2 is 1.88 bits per heavy atom. The average Bonchev–Trinajstić information content (AvgIpc) is 2.32. The molecule has 94 valence electrons. The van der Waals surface area contributed by atoms with E-state index in [0.717, 1.165) is 11.3 Å². The van der Waals surface area contributed by atoms with E-state index in [2.05, 4.69) is 0 Å². The van der Waals surface area contributed by atoms with Crippen molar-refractivity contribution in [1.82, 2.24) is 0 Å². The number of ether oxygens (including phenoxy) is 2. The van der Waals surface area contributed by atoms with E-state index in [1.807, 2.05) is 31.2 Å². The van der Waals surface area contributed by atoms with Crippen LogP contribution in [0.1, 0.15) is 19.4 Å². The highest BCUT2D eigenvalue weighted by atomic mass is 16.5. The van der Waals surface area contributed by atoms with Crippen molar-refractivity contribution in [3.8, 4) is 5.75 Å². The minimum Gasteiger partial charge on any atom is -0.494 e. The van der Waals surface area contributed by atoms with Crippen LogP contribution in [0.5, 0.6) is 5.75 Å². The maximum Gasteiger partial charge on any atom is 0.323 e. The predicted molar refractivity (Wildman–Crippen MR) is 65.9 cm³/mol. The summed E-state index contributed by atoms with van der Waals surface area (Å²) in [6, 6.07) is 6.95. The summed E-state index contributed by atoms with van der Waals surface area (Å²) >= 11 is 0. The number of carbonyl (C=O) groups is 1. The molecule has 0 bridgehead atoms. The Bertz CT molecular complexity index is 348. The summed E-state index contributed by atoms with van der Waals surface area (Å²) in [5.74, 6) is 0.461. The molecule has 0 saturated carbocycles. The minimum absolute atomic E-state index is 0.357. The monoisotopic (exact) mass is 237 g/mol. The Balaban J connectivity index is 2.53. The Hall–Kier alpha value is -1.55. The first-order chi connectivity index (χ1) is 8.17. The number of esters is 1. The molecule has 1 rings (SSSR count). The molecule has 0 aromatic heterocycles. The number of hydrogen-bond acceptors (Lipinski definition) is 4. The third-order valence-corrected chi connectivity index (χ3v) is 2.28. The van der Waals surface area contributed by atoms with Crippen LogP contribution in [0.4, 0.5) is 0 Å². The number of hydrogen-bond donors (Lipinski definition) is 1. The van der Waals surface area contributed by atoms with Crippen LogP contribution in [0.25, 0.3) is 0 Å². The second-order valence-corrected chi connectivity index (χ2v) is 3.64. The van der Waals surface area contributed by atoms with Crippen LogP contribution in [0, 0.1) is 0 Å². The standard InChI is InChI=1S/C13H19NO3/c1-3-16-11-7-5-10(6-8-11)9-12(14)13(15)17-4-2/h5-8,12H,3-4,9,14H2,1-2H3/t12-/m1/s1. The summed E-state index contributed by atoms with van der Waals surface area (Å²) in [5.41, 5.74) is 6.72. The lowest BCUT2D eigenvalue weighted by molar-refractivity contribution is -0.144. The molecule has 2 N–H and O–H groups in total. The van der Waals surface area contributed by atoms with Gasteiger partial charge in [0.05, 0.1) is 13.2 Å². The van der Waals surface area contributed by atoms with Crippen molar-refractivity contribution in [2.75, 3.05) is 13.2 Å². The predicted octanol–water partition coefficient (Wildman–Crippen LogP) is 1.52. The molecule has 0 heterocycles. The first-order valence-electron chi connectivity index (χ1n) is 5.81. The third kappa shape index (κ3) is 4.44. The summed E-state index contributed by atoms with van der Waals surface area (Å²) in [4.78, 5) is 11.3. The fourth-order valence-corrected chi connectivity index (χ4v) is 1.47. The SMILES string of the molecule is CCOC(=O)[C@H](N)Cc1ccc(OCC)cc1. The second-order valence-electron chi connectivity index (χ2n) is 3.64. The van der Waals surface area contributed by atoms with Gasteiger partial charge in [-0.15, -0.1) is 0 Å². The largest absolute Gasteiger partial charge is 0.494 e. The molecule has 1 atom stereocenters. The van der Waals surface area contributed by atoms with Crippen LogP contribution < -0.4 is 10.5 Å². The van der Waals surface area contributed by atoms with Gasteiger partial charge >= 0.3 is 5.97 Å². The number of rotatable bonds is 6. The number of nitrogens with two attached hydrogens (primary N) is 1. The van der Waals surface area contributed by atoms with Gasteiger partial charge in [-0.05, 0) is 38.0 Å². The van der Waals surface area contributed by atoms with Gasteiger partial charge in [0.25, 0.3) is 0 Å². The molecule has 0 radical (unpaired) electrons. The van der Waals surface area contributed by atoms with Crippen molar-refractivity contribution in [3.05, 3.63) is 29.8 Å². The van der Waals surface area contributed by atoms with Crippen molar-refractivity contribution >= 4 is 5.97 Å². The third-order valence-electron chi connectivity index (χ3n) is 2.28. The zero-order valence-corrected chi connectivity index (χ0v) is 10.3. The molecule has 0 aliphatic rings. The van der Waals surface area contributed by atoms with E-state index in [1.54, 1.807) is 6.92 Å². The maximum absolute atomic E-state index is 11.3. The molecule has 0 aliphatic carbocycles. The molecule has 0 amide bonds. The normalized spacial score (nSPS) is 11.9. The van der Waals surface area contributed by atoms with E-state index in [1.165, 1.54) is 0 Å². The topological polar surface area (TPSA) is 61.5 Å². The fourth-order valence-electron chi connectivity index (χ4n) is 1.47. The summed E-state index contributed by atoms with van der Waals surface area (Å²) in [6.45, 7) is 4.70. The number of carbonyl (C=O) groups excluding carboxylic acids is 1. The van der Waals surface area contributed by atoms with E-state index in [0.29, 0.717) is 19.6 Å². The number of benzene rings is 1. The molecule has 1 aromatic rings. The Morgan fingerprint density at radius 3 is 2.41 bits per heavy atom. The van der Waals surface area contributed by atoms with Crippen LogP contribution in [0.3, 0.4) is 0 Å². The van der Waals surface area contributed by atoms with E-state index in [4.69, 9.17) is 15.2 Å². The lowest BCUT2D eigenvalue weighted by Crippen LogP contribution is -2.34. The molecule has 0 unspecified atom stereocenters. The summed E-state index contributed by atoms with van der Waals surface area (Å²) in [7, 11) is 0. The van der Waals surface area contributed by atoms with Crippen molar-refractivity contribution < 1.29 is 14.3 Å². The van der Waals surface area contributed by atoms with Gasteiger partial charge in [-0.2, -0.15) is 0 Å². The molecule has 17 heavy (non-hydrogen) atoms. The Labute approximate surface area is 102 Å². The van der Waals surface area contributed by atoms with Gasteiger partial charge in [0.2, 0.25) is 0 Å². The molecule has 4 nitrogen and oxygen atoms in total. The Morgan fingerprint density at radius 1 is 1.24 bits per heavy atom. The van der Waals surface area contributed by atoms with E-state index in [9.17, 15) is 4.79 Å². The van der Waals surface area contributed by atoms with Crippen molar-refractivity contribution in [3.63, 3.8) is 0 Å². The van der Waals surface area contributed by atoms with Gasteiger partial charge in [-0.25, -0.2) is 0 Å². The van der Waals surface area contributed by atoms with Crippen LogP contribution in [-0.4, -0.2) is 25.2 Å². The molecule has 0 saturated heterocycles. The van der Waals surface area contributed by atoms with Crippen molar-refractivity contribution in [2.45, 2.75) is 26.3 Å². The van der Waals surface area contributed by atoms with Crippen LogP contribution in [-0.2, 0) is 16.0 Å². The van der Waals surface area contributed by atoms with Gasteiger partial charge in [0.1, 0.15) is 11.8 Å². The molecule has 0 spiro atoms. The molecule has 1 aromatic carbocycles. The molecular weight excluding hydrogens is 218 g/mol. The average molecular weight is 237 g/mol. The minimum atomic E-state index is -0.604. The highest BCUT2D eigenvalue weighted by molar-refractivity contribution is 5.75. The highest BCUT2D eigenvalue weighted by Crippen LogP contribution is 2.13. The first kappa shape index (κ1) is 13.5. The lowest BCUT2D eigenvalue weighted by Gasteiger charge is -2.11. The van der Waals surface area contributed by atoms with Crippen LogP contribution in [0.15, 0.2) is 24.3 Å². The zero-order chi connectivity index (χ0) is 12.7. The smallest absolute Gasteiger partial charge is 0.323 e. The van der Waals surface area contributed by atoms with Gasteiger partial charge in [-0.3, -0.25) is 4.79 Å². The highest BCUT2D eigenvalue weighted by Gasteiger charge is 2.14. The van der Waals surface area contributed by atoms with E-state index >= 15 is 0 Å².